The van der Waals surface area contributed by atoms with Crippen molar-refractivity contribution in [1.29, 1.82) is 0 Å². The second-order valence-corrected chi connectivity index (χ2v) is 5.68. The van der Waals surface area contributed by atoms with Gasteiger partial charge in [-0.1, -0.05) is 0 Å². The predicted molar refractivity (Wildman–Crippen MR) is 74.2 cm³/mol. The largest absolute Gasteiger partial charge is 0.465 e. The quantitative estimate of drug-likeness (QED) is 0.632. The molecule has 3 N–H and O–H groups in total. The van der Waals surface area contributed by atoms with Gasteiger partial charge in [0.25, 0.3) is 0 Å². The van der Waals surface area contributed by atoms with Crippen molar-refractivity contribution in [3.63, 3.8) is 0 Å². The molecule has 0 aromatic heterocycles. The van der Waals surface area contributed by atoms with E-state index >= 15 is 0 Å². The molecule has 0 amide bonds. The van der Waals surface area contributed by atoms with Gasteiger partial charge in [0.15, 0.2) is 0 Å². The van der Waals surface area contributed by atoms with Crippen molar-refractivity contribution in [3.8, 4) is 0 Å². The molecular formula is C12H17FN2O3S. The molecule has 106 valence electrons. The summed E-state index contributed by atoms with van der Waals surface area (Å²) in [6.07, 6.45) is 1.57. The summed E-state index contributed by atoms with van der Waals surface area (Å²) < 4.78 is 29.4. The van der Waals surface area contributed by atoms with Crippen molar-refractivity contribution in [2.24, 2.45) is 0 Å². The summed E-state index contributed by atoms with van der Waals surface area (Å²) in [5.74, 6) is -0.830. The molecule has 0 aliphatic rings. The van der Waals surface area contributed by atoms with Gasteiger partial charge in [0.2, 0.25) is 0 Å². The zero-order valence-corrected chi connectivity index (χ0v) is 11.8. The van der Waals surface area contributed by atoms with Crippen molar-refractivity contribution in [3.05, 3.63) is 23.5 Å². The lowest BCUT2D eigenvalue weighted by Crippen LogP contribution is -2.23. The maximum absolute atomic E-state index is 13.7. The van der Waals surface area contributed by atoms with E-state index in [9.17, 15) is 13.4 Å². The summed E-state index contributed by atoms with van der Waals surface area (Å²) in [7, 11) is 0.226. The third-order valence-electron chi connectivity index (χ3n) is 2.43. The van der Waals surface area contributed by atoms with Crippen LogP contribution in [0, 0.1) is 5.82 Å². The smallest absolute Gasteiger partial charge is 0.340 e. The van der Waals surface area contributed by atoms with E-state index < -0.39 is 22.6 Å². The number of hydrogen-bond acceptors (Lipinski definition) is 5. The van der Waals surface area contributed by atoms with E-state index in [0.29, 0.717) is 5.75 Å². The fourth-order valence-electron chi connectivity index (χ4n) is 1.65. The van der Waals surface area contributed by atoms with Gasteiger partial charge in [-0.2, -0.15) is 0 Å². The molecule has 19 heavy (non-hydrogen) atoms. The number of rotatable bonds is 5. The van der Waals surface area contributed by atoms with Crippen molar-refractivity contribution < 1.29 is 18.1 Å². The number of carbonyl (C=O) groups excluding carboxylic acids is 1. The van der Waals surface area contributed by atoms with E-state index in [-0.39, 0.29) is 23.0 Å². The normalized spacial score (nSPS) is 13.7. The minimum atomic E-state index is -0.997. The molecule has 5 nitrogen and oxygen atoms in total. The van der Waals surface area contributed by atoms with Crippen molar-refractivity contribution in [1.82, 2.24) is 0 Å². The fraction of sp³-hybridized carbons (Fsp3) is 0.417. The lowest BCUT2D eigenvalue weighted by molar-refractivity contribution is 0.0602. The maximum Gasteiger partial charge on any atom is 0.340 e. The molecule has 0 heterocycles. The first kappa shape index (κ1) is 15.4. The highest BCUT2D eigenvalue weighted by molar-refractivity contribution is 7.84. The molecule has 0 bridgehead atoms. The Morgan fingerprint density at radius 3 is 2.74 bits per heavy atom. The minimum absolute atomic E-state index is 0.0154. The highest BCUT2D eigenvalue weighted by Crippen LogP contribution is 2.23. The zero-order valence-electron chi connectivity index (χ0n) is 11.0. The number of nitrogens with two attached hydrogens (primary N) is 1. The Labute approximate surface area is 113 Å². The second-order valence-electron chi connectivity index (χ2n) is 4.20. The second kappa shape index (κ2) is 6.51. The van der Waals surface area contributed by atoms with Crippen LogP contribution in [0.4, 0.5) is 15.8 Å². The lowest BCUT2D eigenvalue weighted by Gasteiger charge is -2.16. The number of hydrogen-bond donors (Lipinski definition) is 2. The molecule has 0 saturated heterocycles. The summed E-state index contributed by atoms with van der Waals surface area (Å²) in [5.41, 5.74) is 5.80. The van der Waals surface area contributed by atoms with Crippen LogP contribution in [0.1, 0.15) is 17.3 Å². The lowest BCUT2D eigenvalue weighted by atomic mass is 10.1. The van der Waals surface area contributed by atoms with Crippen LogP contribution in [0.15, 0.2) is 12.1 Å². The van der Waals surface area contributed by atoms with Gasteiger partial charge in [-0.05, 0) is 19.1 Å². The molecule has 2 unspecified atom stereocenters. The molecule has 0 radical (unpaired) electrons. The first-order valence-electron chi connectivity index (χ1n) is 5.59. The van der Waals surface area contributed by atoms with E-state index in [1.807, 2.05) is 0 Å². The topological polar surface area (TPSA) is 81.4 Å². The number of halogens is 1. The molecular weight excluding hydrogens is 271 g/mol. The standard InChI is InChI=1S/C12H17FN2O3S/c1-7(6-19(3)17)15-11-4-8(12(16)18-2)10(14)5-9(11)13/h4-5,7,15H,6,14H2,1-3H3. The molecule has 0 spiro atoms. The van der Waals surface area contributed by atoms with Gasteiger partial charge >= 0.3 is 5.97 Å². The number of nitrogen functional groups attached to an aromatic ring is 1. The SMILES string of the molecule is COC(=O)c1cc(NC(C)CS(C)=O)c(F)cc1N. The molecule has 1 aromatic rings. The van der Waals surface area contributed by atoms with Gasteiger partial charge in [0, 0.05) is 34.5 Å². The van der Waals surface area contributed by atoms with E-state index in [2.05, 4.69) is 10.1 Å². The van der Waals surface area contributed by atoms with Crippen molar-refractivity contribution >= 4 is 28.1 Å². The molecule has 1 aromatic carbocycles. The maximum atomic E-state index is 13.7. The summed E-state index contributed by atoms with van der Waals surface area (Å²) in [6, 6.07) is 2.16. The molecule has 7 heteroatoms. The van der Waals surface area contributed by atoms with Crippen LogP contribution in [0.3, 0.4) is 0 Å². The summed E-state index contributed by atoms with van der Waals surface area (Å²) in [6.45, 7) is 1.77. The summed E-state index contributed by atoms with van der Waals surface area (Å²) in [4.78, 5) is 11.5. The first-order valence-corrected chi connectivity index (χ1v) is 7.31. The predicted octanol–water partition coefficient (Wildman–Crippen LogP) is 1.37. The molecule has 1 rings (SSSR count). The van der Waals surface area contributed by atoms with Crippen molar-refractivity contribution in [2.45, 2.75) is 13.0 Å². The number of ether oxygens (including phenoxy) is 1. The Balaban J connectivity index is 3.01. The molecule has 0 saturated carbocycles. The van der Waals surface area contributed by atoms with Crippen molar-refractivity contribution in [2.75, 3.05) is 30.2 Å². The molecule has 2 atom stereocenters. The molecule has 0 aliphatic carbocycles. The number of benzene rings is 1. The molecule has 0 fully saturated rings. The van der Waals surface area contributed by atoms with Crippen LogP contribution in [0.25, 0.3) is 0 Å². The highest BCUT2D eigenvalue weighted by atomic mass is 32.2. The average Bonchev–Trinajstić information content (AvgIpc) is 2.30. The van der Waals surface area contributed by atoms with Crippen LogP contribution in [0.2, 0.25) is 0 Å². The fourth-order valence-corrected chi connectivity index (χ4v) is 2.43. The summed E-state index contributed by atoms with van der Waals surface area (Å²) >= 11 is 0. The van der Waals surface area contributed by atoms with Gasteiger partial charge in [0.1, 0.15) is 5.82 Å². The van der Waals surface area contributed by atoms with E-state index in [4.69, 9.17) is 5.73 Å². The third-order valence-corrected chi connectivity index (χ3v) is 3.40. The zero-order chi connectivity index (χ0) is 14.6. The van der Waals surface area contributed by atoms with Gasteiger partial charge < -0.3 is 15.8 Å². The number of carbonyl (C=O) groups is 1. The highest BCUT2D eigenvalue weighted by Gasteiger charge is 2.16. The van der Waals surface area contributed by atoms with Crippen LogP contribution in [-0.2, 0) is 15.5 Å². The van der Waals surface area contributed by atoms with E-state index in [0.717, 1.165) is 6.07 Å². The number of methoxy groups -OCH3 is 1. The van der Waals surface area contributed by atoms with E-state index in [1.54, 1.807) is 13.2 Å². The van der Waals surface area contributed by atoms with Gasteiger partial charge in [-0.3, -0.25) is 4.21 Å². The van der Waals surface area contributed by atoms with Gasteiger partial charge in [0.05, 0.1) is 18.4 Å². The third kappa shape index (κ3) is 4.20. The monoisotopic (exact) mass is 288 g/mol. The Hall–Kier alpha value is -1.63. The van der Waals surface area contributed by atoms with Crippen LogP contribution in [0.5, 0.6) is 0 Å². The summed E-state index contributed by atoms with van der Waals surface area (Å²) in [5, 5.41) is 2.86. The molecule has 0 aliphatic heterocycles. The minimum Gasteiger partial charge on any atom is -0.465 e. The Morgan fingerprint density at radius 2 is 2.21 bits per heavy atom. The van der Waals surface area contributed by atoms with Crippen LogP contribution in [-0.4, -0.2) is 35.3 Å². The van der Waals surface area contributed by atoms with Crippen LogP contribution >= 0.6 is 0 Å². The Morgan fingerprint density at radius 1 is 1.58 bits per heavy atom. The first-order chi connectivity index (χ1) is 8.85. The number of anilines is 2. The number of nitrogens with one attached hydrogen (secondary N) is 1. The average molecular weight is 288 g/mol. The van der Waals surface area contributed by atoms with Gasteiger partial charge in [-0.15, -0.1) is 0 Å². The van der Waals surface area contributed by atoms with E-state index in [1.165, 1.54) is 13.2 Å². The van der Waals surface area contributed by atoms with Gasteiger partial charge in [-0.25, -0.2) is 9.18 Å². The number of esters is 1. The Bertz CT molecular complexity index is 508. The van der Waals surface area contributed by atoms with Crippen LogP contribution < -0.4 is 11.1 Å². The Kier molecular flexibility index (Phi) is 5.29.